The lowest BCUT2D eigenvalue weighted by Crippen LogP contribution is -2.38. The van der Waals surface area contributed by atoms with Gasteiger partial charge >= 0.3 is 6.03 Å². The van der Waals surface area contributed by atoms with Gasteiger partial charge in [0, 0.05) is 11.1 Å². The lowest BCUT2D eigenvalue weighted by Gasteiger charge is -2.10. The Kier molecular flexibility index (Phi) is 4.20. The molecular weight excluding hydrogens is 278 g/mol. The summed E-state index contributed by atoms with van der Waals surface area (Å²) in [5.41, 5.74) is 2.15. The van der Waals surface area contributed by atoms with E-state index in [2.05, 4.69) is 15.6 Å². The predicted molar refractivity (Wildman–Crippen MR) is 79.0 cm³/mol. The van der Waals surface area contributed by atoms with Gasteiger partial charge in [0.1, 0.15) is 5.38 Å². The normalized spacial score (nSPS) is 11.9. The first-order valence-electron chi connectivity index (χ1n) is 6.09. The minimum atomic E-state index is -0.767. The average molecular weight is 292 g/mol. The highest BCUT2D eigenvalue weighted by molar-refractivity contribution is 6.31. The number of anilines is 1. The lowest BCUT2D eigenvalue weighted by molar-refractivity contribution is -0.119. The molecule has 2 rings (SSSR count). The van der Waals surface area contributed by atoms with Crippen molar-refractivity contribution in [3.63, 3.8) is 0 Å². The van der Waals surface area contributed by atoms with Crippen LogP contribution in [0.4, 0.5) is 10.5 Å². The zero-order chi connectivity index (χ0) is 14.7. The van der Waals surface area contributed by atoms with E-state index in [-0.39, 0.29) is 0 Å². The van der Waals surface area contributed by atoms with Gasteiger partial charge in [0.2, 0.25) is 5.91 Å². The molecule has 0 radical (unpaired) electrons. The van der Waals surface area contributed by atoms with Crippen molar-refractivity contribution >= 4 is 40.1 Å². The molecule has 0 aliphatic rings. The minimum Gasteiger partial charge on any atom is -0.307 e. The summed E-state index contributed by atoms with van der Waals surface area (Å²) >= 11 is 5.59. The van der Waals surface area contributed by atoms with Crippen LogP contribution < -0.4 is 10.6 Å². The van der Waals surface area contributed by atoms with Crippen molar-refractivity contribution in [2.75, 3.05) is 5.32 Å². The van der Waals surface area contributed by atoms with Crippen LogP contribution in [-0.2, 0) is 4.79 Å². The van der Waals surface area contributed by atoms with E-state index in [9.17, 15) is 9.59 Å². The Hall–Kier alpha value is -2.14. The van der Waals surface area contributed by atoms with Crippen molar-refractivity contribution in [3.8, 4) is 0 Å². The van der Waals surface area contributed by atoms with E-state index >= 15 is 0 Å². The van der Waals surface area contributed by atoms with Crippen molar-refractivity contribution in [1.29, 1.82) is 0 Å². The summed E-state index contributed by atoms with van der Waals surface area (Å²) in [4.78, 5) is 27.5. The zero-order valence-corrected chi connectivity index (χ0v) is 11.9. The van der Waals surface area contributed by atoms with Crippen LogP contribution >= 0.6 is 11.6 Å². The molecule has 2 N–H and O–H groups in total. The number of aryl methyl sites for hydroxylation is 1. The average Bonchev–Trinajstić information content (AvgIpc) is 2.38. The first-order valence-corrected chi connectivity index (χ1v) is 6.53. The van der Waals surface area contributed by atoms with E-state index in [0.29, 0.717) is 5.69 Å². The maximum atomic E-state index is 11.8. The number of urea groups is 1. The van der Waals surface area contributed by atoms with Crippen LogP contribution in [0.15, 0.2) is 30.3 Å². The SMILES string of the molecule is Cc1cc(NC(=O)NC(=O)C(C)Cl)c2ccccc2n1. The molecule has 2 aromatic rings. The molecule has 20 heavy (non-hydrogen) atoms. The number of imide groups is 1. The Morgan fingerprint density at radius 2 is 2.00 bits per heavy atom. The number of carbonyl (C=O) groups excluding carboxylic acids is 2. The van der Waals surface area contributed by atoms with Crippen LogP contribution in [0, 0.1) is 6.92 Å². The predicted octanol–water partition coefficient (Wildman–Crippen LogP) is 2.82. The Balaban J connectivity index is 2.25. The third kappa shape index (κ3) is 3.24. The lowest BCUT2D eigenvalue weighted by atomic mass is 10.1. The molecule has 1 unspecified atom stereocenters. The largest absolute Gasteiger partial charge is 0.325 e. The Labute approximate surface area is 121 Å². The number of halogens is 1. The van der Waals surface area contributed by atoms with E-state index in [1.54, 1.807) is 6.07 Å². The number of carbonyl (C=O) groups is 2. The molecule has 0 bridgehead atoms. The van der Waals surface area contributed by atoms with Gasteiger partial charge in [-0.05, 0) is 26.0 Å². The standard InChI is InChI=1S/C14H14ClN3O2/c1-8-7-12(10-5-3-4-6-11(10)16-8)17-14(20)18-13(19)9(2)15/h3-7,9H,1-2H3,(H2,16,17,18,19,20). The third-order valence-electron chi connectivity index (χ3n) is 2.69. The molecule has 6 heteroatoms. The second kappa shape index (κ2) is 5.88. The highest BCUT2D eigenvalue weighted by Crippen LogP contribution is 2.22. The number of alkyl halides is 1. The van der Waals surface area contributed by atoms with Crippen molar-refractivity contribution < 1.29 is 9.59 Å². The number of rotatable bonds is 2. The molecule has 0 aliphatic heterocycles. The molecular formula is C14H14ClN3O2. The maximum Gasteiger partial charge on any atom is 0.325 e. The number of fused-ring (bicyclic) bond motifs is 1. The van der Waals surface area contributed by atoms with Crippen LogP contribution in [0.1, 0.15) is 12.6 Å². The number of hydrogen-bond acceptors (Lipinski definition) is 3. The highest BCUT2D eigenvalue weighted by Gasteiger charge is 2.14. The van der Waals surface area contributed by atoms with Crippen LogP contribution in [0.2, 0.25) is 0 Å². The Morgan fingerprint density at radius 1 is 1.30 bits per heavy atom. The van der Waals surface area contributed by atoms with Crippen LogP contribution in [0.3, 0.4) is 0 Å². The number of nitrogens with one attached hydrogen (secondary N) is 2. The smallest absolute Gasteiger partial charge is 0.307 e. The summed E-state index contributed by atoms with van der Waals surface area (Å²) in [6.45, 7) is 3.33. The monoisotopic (exact) mass is 291 g/mol. The van der Waals surface area contributed by atoms with Gasteiger partial charge in [-0.15, -0.1) is 11.6 Å². The first kappa shape index (κ1) is 14.3. The van der Waals surface area contributed by atoms with Crippen molar-refractivity contribution in [1.82, 2.24) is 10.3 Å². The molecule has 5 nitrogen and oxygen atoms in total. The number of benzene rings is 1. The van der Waals surface area contributed by atoms with Crippen molar-refractivity contribution in [3.05, 3.63) is 36.0 Å². The molecule has 3 amide bonds. The van der Waals surface area contributed by atoms with Gasteiger partial charge in [0.05, 0.1) is 11.2 Å². The van der Waals surface area contributed by atoms with E-state index in [1.807, 2.05) is 31.2 Å². The Morgan fingerprint density at radius 3 is 2.70 bits per heavy atom. The molecule has 0 spiro atoms. The number of hydrogen-bond donors (Lipinski definition) is 2. The topological polar surface area (TPSA) is 71.1 Å². The van der Waals surface area contributed by atoms with Crippen LogP contribution in [-0.4, -0.2) is 22.3 Å². The molecule has 0 saturated heterocycles. The van der Waals surface area contributed by atoms with Gasteiger partial charge in [0.15, 0.2) is 0 Å². The number of pyridine rings is 1. The molecule has 1 aromatic carbocycles. The van der Waals surface area contributed by atoms with E-state index in [0.717, 1.165) is 16.6 Å². The van der Waals surface area contributed by atoms with Gasteiger partial charge in [-0.2, -0.15) is 0 Å². The first-order chi connectivity index (χ1) is 9.47. The number of amides is 3. The summed E-state index contributed by atoms with van der Waals surface area (Å²) in [5, 5.41) is 4.85. The molecule has 0 saturated carbocycles. The molecule has 104 valence electrons. The fraction of sp³-hybridized carbons (Fsp3) is 0.214. The molecule has 0 aliphatic carbocycles. The third-order valence-corrected chi connectivity index (χ3v) is 2.89. The van der Waals surface area contributed by atoms with Crippen molar-refractivity contribution in [2.45, 2.75) is 19.2 Å². The van der Waals surface area contributed by atoms with Crippen molar-refractivity contribution in [2.24, 2.45) is 0 Å². The van der Waals surface area contributed by atoms with Gasteiger partial charge in [0.25, 0.3) is 0 Å². The zero-order valence-electron chi connectivity index (χ0n) is 11.1. The summed E-state index contributed by atoms with van der Waals surface area (Å²) < 4.78 is 0. The summed E-state index contributed by atoms with van der Waals surface area (Å²) in [7, 11) is 0. The maximum absolute atomic E-state index is 11.8. The van der Waals surface area contributed by atoms with Gasteiger partial charge in [-0.25, -0.2) is 4.79 Å². The minimum absolute atomic E-state index is 0.542. The fourth-order valence-corrected chi connectivity index (χ4v) is 1.83. The molecule has 1 aromatic heterocycles. The van der Waals surface area contributed by atoms with Crippen LogP contribution in [0.5, 0.6) is 0 Å². The van der Waals surface area contributed by atoms with Gasteiger partial charge in [-0.3, -0.25) is 15.1 Å². The van der Waals surface area contributed by atoms with E-state index in [1.165, 1.54) is 6.92 Å². The fourth-order valence-electron chi connectivity index (χ4n) is 1.78. The highest BCUT2D eigenvalue weighted by atomic mass is 35.5. The number of aromatic nitrogens is 1. The van der Waals surface area contributed by atoms with Crippen LogP contribution in [0.25, 0.3) is 10.9 Å². The number of para-hydroxylation sites is 1. The molecule has 1 atom stereocenters. The quantitative estimate of drug-likeness (QED) is 0.836. The summed E-state index contributed by atoms with van der Waals surface area (Å²) in [5.74, 6) is -0.542. The summed E-state index contributed by atoms with van der Waals surface area (Å²) in [6, 6.07) is 8.57. The second-order valence-electron chi connectivity index (χ2n) is 4.39. The van der Waals surface area contributed by atoms with E-state index in [4.69, 9.17) is 11.6 Å². The molecule has 1 heterocycles. The van der Waals surface area contributed by atoms with Gasteiger partial charge in [-0.1, -0.05) is 18.2 Å². The number of nitrogens with zero attached hydrogens (tertiary/aromatic N) is 1. The Bertz CT molecular complexity index is 671. The van der Waals surface area contributed by atoms with E-state index < -0.39 is 17.3 Å². The second-order valence-corrected chi connectivity index (χ2v) is 5.04. The summed E-state index contributed by atoms with van der Waals surface area (Å²) in [6.07, 6.45) is 0. The molecule has 0 fully saturated rings. The van der Waals surface area contributed by atoms with Gasteiger partial charge < -0.3 is 5.32 Å².